The van der Waals surface area contributed by atoms with Gasteiger partial charge >= 0.3 is 6.18 Å². The van der Waals surface area contributed by atoms with E-state index >= 15 is 0 Å². The molecule has 1 aromatic carbocycles. The predicted octanol–water partition coefficient (Wildman–Crippen LogP) is 3.37. The summed E-state index contributed by atoms with van der Waals surface area (Å²) in [6.07, 6.45) is -4.65. The number of aliphatic hydroxyl groups excluding tert-OH is 1. The minimum atomic E-state index is -4.35. The summed E-state index contributed by atoms with van der Waals surface area (Å²) in [5.41, 5.74) is -0.303. The average Bonchev–Trinajstić information content (AvgIpc) is 2.55. The van der Waals surface area contributed by atoms with Crippen molar-refractivity contribution >= 4 is 11.0 Å². The summed E-state index contributed by atoms with van der Waals surface area (Å²) in [4.78, 5) is 0. The summed E-state index contributed by atoms with van der Waals surface area (Å²) in [6, 6.07) is 4.85. The van der Waals surface area contributed by atoms with Crippen molar-refractivity contribution in [3.8, 4) is 0 Å². The lowest BCUT2D eigenvalue weighted by Gasteiger charge is -2.04. The Bertz CT molecular complexity index is 526. The number of alkyl halides is 3. The highest BCUT2D eigenvalue weighted by molar-refractivity contribution is 5.78. The van der Waals surface area contributed by atoms with Crippen molar-refractivity contribution in [1.82, 2.24) is 0 Å². The van der Waals surface area contributed by atoms with Gasteiger partial charge in [-0.05, 0) is 31.2 Å². The summed E-state index contributed by atoms with van der Waals surface area (Å²) < 4.78 is 42.7. The van der Waals surface area contributed by atoms with E-state index in [1.807, 2.05) is 0 Å². The van der Waals surface area contributed by atoms with E-state index in [9.17, 15) is 18.3 Å². The largest absolute Gasteiger partial charge is 0.461 e. The normalized spacial score (nSPS) is 14.2. The second-order valence-electron chi connectivity index (χ2n) is 4.02. The van der Waals surface area contributed by atoms with E-state index in [0.717, 1.165) is 12.1 Å². The van der Waals surface area contributed by atoms with Crippen LogP contribution in [-0.4, -0.2) is 11.2 Å². The van der Waals surface area contributed by atoms with Crippen LogP contribution in [0.1, 0.15) is 18.2 Å². The number of hydrogen-bond donors (Lipinski definition) is 1. The standard InChI is InChI=1S/C12H11F3O2/c1-7(16)4-10-6-8-5-9(12(13,14)15)2-3-11(8)17-10/h2-3,5-7,16H,4H2,1H3. The Hall–Kier alpha value is -1.49. The summed E-state index contributed by atoms with van der Waals surface area (Å²) >= 11 is 0. The van der Waals surface area contributed by atoms with Crippen molar-refractivity contribution in [2.24, 2.45) is 0 Å². The maximum atomic E-state index is 12.5. The smallest absolute Gasteiger partial charge is 0.416 e. The van der Waals surface area contributed by atoms with Crippen LogP contribution in [0.5, 0.6) is 0 Å². The molecule has 0 bridgehead atoms. The maximum Gasteiger partial charge on any atom is 0.416 e. The molecule has 0 aliphatic rings. The molecule has 1 unspecified atom stereocenters. The number of rotatable bonds is 2. The van der Waals surface area contributed by atoms with Gasteiger partial charge in [-0.1, -0.05) is 0 Å². The fourth-order valence-electron chi connectivity index (χ4n) is 1.67. The minimum absolute atomic E-state index is 0.288. The number of halogens is 3. The number of aliphatic hydroxyl groups is 1. The lowest BCUT2D eigenvalue weighted by atomic mass is 10.1. The Morgan fingerprint density at radius 3 is 2.59 bits per heavy atom. The molecule has 0 spiro atoms. The van der Waals surface area contributed by atoms with Crippen LogP contribution in [0.3, 0.4) is 0 Å². The van der Waals surface area contributed by atoms with E-state index in [2.05, 4.69) is 0 Å². The molecule has 1 atom stereocenters. The lowest BCUT2D eigenvalue weighted by molar-refractivity contribution is -0.137. The van der Waals surface area contributed by atoms with Crippen molar-refractivity contribution in [1.29, 1.82) is 0 Å². The van der Waals surface area contributed by atoms with E-state index in [4.69, 9.17) is 4.42 Å². The molecule has 0 aliphatic heterocycles. The van der Waals surface area contributed by atoms with Gasteiger partial charge in [0.15, 0.2) is 0 Å². The molecule has 1 N–H and O–H groups in total. The van der Waals surface area contributed by atoms with Gasteiger partial charge in [0, 0.05) is 11.8 Å². The Kier molecular flexibility index (Phi) is 2.87. The van der Waals surface area contributed by atoms with Crippen LogP contribution >= 0.6 is 0 Å². The first-order valence-corrected chi connectivity index (χ1v) is 5.14. The fraction of sp³-hybridized carbons (Fsp3) is 0.333. The van der Waals surface area contributed by atoms with E-state index in [0.29, 0.717) is 16.7 Å². The first-order valence-electron chi connectivity index (χ1n) is 5.14. The van der Waals surface area contributed by atoms with Crippen molar-refractivity contribution < 1.29 is 22.7 Å². The van der Waals surface area contributed by atoms with Gasteiger partial charge < -0.3 is 9.52 Å². The summed E-state index contributed by atoms with van der Waals surface area (Å²) in [6.45, 7) is 1.59. The van der Waals surface area contributed by atoms with Crippen LogP contribution in [0.25, 0.3) is 11.0 Å². The van der Waals surface area contributed by atoms with E-state index in [1.165, 1.54) is 12.1 Å². The van der Waals surface area contributed by atoms with Crippen LogP contribution in [0.2, 0.25) is 0 Å². The zero-order chi connectivity index (χ0) is 12.6. The quantitative estimate of drug-likeness (QED) is 0.878. The molecular formula is C12H11F3O2. The lowest BCUT2D eigenvalue weighted by Crippen LogP contribution is -2.03. The molecule has 2 rings (SSSR count). The van der Waals surface area contributed by atoms with Crippen molar-refractivity contribution in [3.63, 3.8) is 0 Å². The first-order chi connectivity index (χ1) is 7.86. The van der Waals surface area contributed by atoms with Gasteiger partial charge in [-0.3, -0.25) is 0 Å². The van der Waals surface area contributed by atoms with Crippen molar-refractivity contribution in [2.75, 3.05) is 0 Å². The number of hydrogen-bond acceptors (Lipinski definition) is 2. The summed E-state index contributed by atoms with van der Waals surface area (Å²) in [7, 11) is 0. The molecule has 17 heavy (non-hydrogen) atoms. The van der Waals surface area contributed by atoms with Crippen LogP contribution in [0, 0.1) is 0 Å². The van der Waals surface area contributed by atoms with Crippen LogP contribution in [-0.2, 0) is 12.6 Å². The predicted molar refractivity (Wildman–Crippen MR) is 56.6 cm³/mol. The maximum absolute atomic E-state index is 12.5. The highest BCUT2D eigenvalue weighted by Gasteiger charge is 2.30. The van der Waals surface area contributed by atoms with Gasteiger partial charge in [-0.2, -0.15) is 13.2 Å². The minimum Gasteiger partial charge on any atom is -0.461 e. The molecule has 2 aromatic rings. The molecule has 0 aliphatic carbocycles. The van der Waals surface area contributed by atoms with Gasteiger partial charge in [-0.15, -0.1) is 0 Å². The Morgan fingerprint density at radius 1 is 1.29 bits per heavy atom. The van der Waals surface area contributed by atoms with Gasteiger partial charge in [-0.25, -0.2) is 0 Å². The Morgan fingerprint density at radius 2 is 2.00 bits per heavy atom. The summed E-state index contributed by atoms with van der Waals surface area (Å²) in [5, 5.41) is 9.57. The molecule has 0 saturated carbocycles. The molecule has 0 saturated heterocycles. The molecular weight excluding hydrogens is 233 g/mol. The topological polar surface area (TPSA) is 33.4 Å². The van der Waals surface area contributed by atoms with Gasteiger partial charge in [0.25, 0.3) is 0 Å². The molecule has 1 aromatic heterocycles. The number of fused-ring (bicyclic) bond motifs is 1. The van der Waals surface area contributed by atoms with Gasteiger partial charge in [0.1, 0.15) is 11.3 Å². The van der Waals surface area contributed by atoms with Crippen molar-refractivity contribution in [2.45, 2.75) is 25.6 Å². The van der Waals surface area contributed by atoms with E-state index < -0.39 is 17.8 Å². The van der Waals surface area contributed by atoms with Crippen molar-refractivity contribution in [3.05, 3.63) is 35.6 Å². The molecule has 1 heterocycles. The highest BCUT2D eigenvalue weighted by atomic mass is 19.4. The van der Waals surface area contributed by atoms with E-state index in [1.54, 1.807) is 6.92 Å². The third-order valence-corrected chi connectivity index (χ3v) is 2.39. The number of benzene rings is 1. The molecule has 92 valence electrons. The van der Waals surface area contributed by atoms with Crippen LogP contribution in [0.15, 0.2) is 28.7 Å². The molecule has 0 amide bonds. The second kappa shape index (κ2) is 4.07. The van der Waals surface area contributed by atoms with Crippen LogP contribution < -0.4 is 0 Å². The number of furan rings is 1. The average molecular weight is 244 g/mol. The van der Waals surface area contributed by atoms with E-state index in [-0.39, 0.29) is 6.42 Å². The van der Waals surface area contributed by atoms with Crippen LogP contribution in [0.4, 0.5) is 13.2 Å². The van der Waals surface area contributed by atoms with Gasteiger partial charge in [0.2, 0.25) is 0 Å². The fourth-order valence-corrected chi connectivity index (χ4v) is 1.67. The zero-order valence-electron chi connectivity index (χ0n) is 9.08. The first kappa shape index (κ1) is 12.0. The third-order valence-electron chi connectivity index (χ3n) is 2.39. The Balaban J connectivity index is 2.41. The summed E-state index contributed by atoms with van der Waals surface area (Å²) in [5.74, 6) is 0.481. The monoisotopic (exact) mass is 244 g/mol. The molecule has 2 nitrogen and oxygen atoms in total. The third kappa shape index (κ3) is 2.61. The zero-order valence-corrected chi connectivity index (χ0v) is 9.08. The molecule has 5 heteroatoms. The Labute approximate surface area is 95.7 Å². The van der Waals surface area contributed by atoms with Gasteiger partial charge in [0.05, 0.1) is 11.7 Å². The molecule has 0 radical (unpaired) electrons. The molecule has 0 fully saturated rings. The highest BCUT2D eigenvalue weighted by Crippen LogP contribution is 2.32. The second-order valence-corrected chi connectivity index (χ2v) is 4.02. The SMILES string of the molecule is CC(O)Cc1cc2cc(C(F)(F)F)ccc2o1.